The van der Waals surface area contributed by atoms with Gasteiger partial charge in [0.1, 0.15) is 0 Å². The van der Waals surface area contributed by atoms with E-state index in [9.17, 15) is 0 Å². The third kappa shape index (κ3) is 122. The van der Waals surface area contributed by atoms with Crippen molar-refractivity contribution in [1.82, 2.24) is 0 Å². The van der Waals surface area contributed by atoms with Crippen molar-refractivity contribution >= 4 is 0 Å². The molecule has 0 amide bonds. The van der Waals surface area contributed by atoms with Crippen LogP contribution in [0.1, 0.15) is 67.2 Å². The summed E-state index contributed by atoms with van der Waals surface area (Å²) in [6, 6.07) is 0. The molecule has 0 heterocycles. The first-order chi connectivity index (χ1) is 15.6. The van der Waals surface area contributed by atoms with Crippen LogP contribution in [0, 0.1) is 0 Å². The van der Waals surface area contributed by atoms with E-state index in [0.717, 1.165) is 12.8 Å². The third-order valence-corrected chi connectivity index (χ3v) is 2.54. The highest BCUT2D eigenvalue weighted by Gasteiger charge is 2.14. The summed E-state index contributed by atoms with van der Waals surface area (Å²) in [6.45, 7) is 9.67. The predicted octanol–water partition coefficient (Wildman–Crippen LogP) is -2.28. The van der Waals surface area contributed by atoms with Gasteiger partial charge in [-0.05, 0) is 60.8 Å². The average Bonchev–Trinajstić information content (AvgIpc) is 2.72. The zero-order valence-electron chi connectivity index (χ0n) is 22.0. The number of hydrogen-bond donors (Lipinski definition) is 12. The molecule has 12 N–H and O–H groups in total. The van der Waals surface area contributed by atoms with Gasteiger partial charge in [0, 0.05) is 26.2 Å². The maximum Gasteiger partial charge on any atom is 0.0742 e. The van der Waals surface area contributed by atoms with E-state index in [1.165, 1.54) is 13.8 Å². The van der Waals surface area contributed by atoms with Crippen molar-refractivity contribution in [3.8, 4) is 0 Å². The lowest BCUT2D eigenvalue weighted by atomic mass is 10.0. The molecular weight excluding hydrogens is 456 g/mol. The zero-order valence-corrected chi connectivity index (χ0v) is 22.0. The Labute approximate surface area is 205 Å². The highest BCUT2D eigenvalue weighted by atomic mass is 16.3. The SMILES string of the molecule is CC(O)CC(C)(C)O.CC(O)CCO.CC(O)CO.CC(O)CO.OCCCCO.OCCO. The molecule has 216 valence electrons. The number of rotatable bonds is 10. The number of aliphatic hydroxyl groups is 12. The van der Waals surface area contributed by atoms with Crippen LogP contribution >= 0.6 is 0 Å². The molecule has 0 aromatic heterocycles. The molecule has 0 aliphatic rings. The standard InChI is InChI=1S/C6H14O2.2C4H10O2.2C3H8O2.C2H6O2/c1-5(7)4-6(2,3)8;1-4(6)2-3-5;5-3-1-2-4-6;2*1-3(5)2-4;3-1-2-4/h5,7-8H,4H2,1-3H3;4-6H,2-3H2,1H3;5-6H,1-4H2;2*3-5H,2H2,1H3;3-4H,1-2H2. The average molecular weight is 513 g/mol. The van der Waals surface area contributed by atoms with Crippen LogP contribution in [0.4, 0.5) is 0 Å². The molecule has 0 saturated heterocycles. The van der Waals surface area contributed by atoms with E-state index in [-0.39, 0.29) is 52.4 Å². The van der Waals surface area contributed by atoms with Crippen LogP contribution in [-0.4, -0.2) is 138 Å². The molecular formula is C22H56O12. The molecule has 4 atom stereocenters. The van der Waals surface area contributed by atoms with E-state index < -0.39 is 23.9 Å². The number of aliphatic hydroxyl groups excluding tert-OH is 11. The van der Waals surface area contributed by atoms with Crippen molar-refractivity contribution < 1.29 is 61.3 Å². The molecule has 0 aliphatic carbocycles. The Morgan fingerprint density at radius 1 is 0.500 bits per heavy atom. The van der Waals surface area contributed by atoms with Gasteiger partial charge in [0.25, 0.3) is 0 Å². The highest BCUT2D eigenvalue weighted by Crippen LogP contribution is 2.09. The molecule has 0 aliphatic heterocycles. The summed E-state index contributed by atoms with van der Waals surface area (Å²) in [7, 11) is 0. The van der Waals surface area contributed by atoms with E-state index in [1.807, 2.05) is 0 Å². The fraction of sp³-hybridized carbons (Fsp3) is 1.00. The Bertz CT molecular complexity index is 282. The maximum absolute atomic E-state index is 9.03. The van der Waals surface area contributed by atoms with Crippen LogP contribution in [0.3, 0.4) is 0 Å². The second kappa shape index (κ2) is 39.7. The van der Waals surface area contributed by atoms with Crippen LogP contribution in [-0.2, 0) is 0 Å². The van der Waals surface area contributed by atoms with Gasteiger partial charge in [-0.15, -0.1) is 0 Å². The summed E-state index contributed by atoms with van der Waals surface area (Å²) in [5.41, 5.74) is -0.728. The number of hydrogen-bond acceptors (Lipinski definition) is 12. The van der Waals surface area contributed by atoms with Crippen molar-refractivity contribution in [2.75, 3.05) is 46.2 Å². The van der Waals surface area contributed by atoms with Crippen molar-refractivity contribution in [3.63, 3.8) is 0 Å². The first-order valence-corrected chi connectivity index (χ1v) is 11.3. The quantitative estimate of drug-likeness (QED) is 0.138. The molecule has 0 saturated carbocycles. The highest BCUT2D eigenvalue weighted by molar-refractivity contribution is 4.67. The van der Waals surface area contributed by atoms with Crippen LogP contribution in [0.25, 0.3) is 0 Å². The first kappa shape index (κ1) is 46.8. The monoisotopic (exact) mass is 512 g/mol. The van der Waals surface area contributed by atoms with Gasteiger partial charge in [0.05, 0.1) is 56.4 Å². The van der Waals surface area contributed by atoms with Gasteiger partial charge in [0.15, 0.2) is 0 Å². The van der Waals surface area contributed by atoms with E-state index in [2.05, 4.69) is 0 Å². The Hall–Kier alpha value is -0.480. The second-order valence-corrected chi connectivity index (χ2v) is 7.89. The van der Waals surface area contributed by atoms with Gasteiger partial charge in [-0.1, -0.05) is 0 Å². The minimum atomic E-state index is -0.728. The predicted molar refractivity (Wildman–Crippen MR) is 131 cm³/mol. The third-order valence-electron chi connectivity index (χ3n) is 2.54. The van der Waals surface area contributed by atoms with Crippen molar-refractivity contribution in [2.24, 2.45) is 0 Å². The second-order valence-electron chi connectivity index (χ2n) is 7.89. The summed E-state index contributed by atoms with van der Waals surface area (Å²) in [5.74, 6) is 0. The summed E-state index contributed by atoms with van der Waals surface area (Å²) < 4.78 is 0. The van der Waals surface area contributed by atoms with E-state index in [1.54, 1.807) is 27.7 Å². The molecule has 0 rings (SSSR count). The minimum Gasteiger partial charge on any atom is -0.396 e. The fourth-order valence-corrected chi connectivity index (χ4v) is 1.13. The van der Waals surface area contributed by atoms with E-state index in [0.29, 0.717) is 12.8 Å². The van der Waals surface area contributed by atoms with Crippen LogP contribution < -0.4 is 0 Å². The summed E-state index contributed by atoms with van der Waals surface area (Å²) in [5, 5.41) is 97.7. The van der Waals surface area contributed by atoms with Gasteiger partial charge in [-0.3, -0.25) is 0 Å². The Kier molecular flexibility index (Phi) is 54.7. The van der Waals surface area contributed by atoms with E-state index >= 15 is 0 Å². The molecule has 0 aromatic carbocycles. The molecule has 0 bridgehead atoms. The van der Waals surface area contributed by atoms with Crippen LogP contribution in [0.2, 0.25) is 0 Å². The van der Waals surface area contributed by atoms with Gasteiger partial charge in [0.2, 0.25) is 0 Å². The molecule has 0 spiro atoms. The molecule has 0 aromatic rings. The topological polar surface area (TPSA) is 243 Å². The Balaban J connectivity index is -0.0000000702. The molecule has 12 nitrogen and oxygen atoms in total. The van der Waals surface area contributed by atoms with Crippen molar-refractivity contribution in [1.29, 1.82) is 0 Å². The molecule has 12 heteroatoms. The maximum atomic E-state index is 9.03. The lowest BCUT2D eigenvalue weighted by Gasteiger charge is -2.17. The lowest BCUT2D eigenvalue weighted by Crippen LogP contribution is -2.24. The molecule has 4 unspecified atom stereocenters. The summed E-state index contributed by atoms with van der Waals surface area (Å²) in [4.78, 5) is 0. The van der Waals surface area contributed by atoms with Gasteiger partial charge < -0.3 is 61.3 Å². The first-order valence-electron chi connectivity index (χ1n) is 11.3. The van der Waals surface area contributed by atoms with E-state index in [4.69, 9.17) is 61.3 Å². The number of unbranched alkanes of at least 4 members (excludes halogenated alkanes) is 1. The van der Waals surface area contributed by atoms with Gasteiger partial charge >= 0.3 is 0 Å². The van der Waals surface area contributed by atoms with Gasteiger partial charge in [-0.25, -0.2) is 0 Å². The zero-order chi connectivity index (χ0) is 28.6. The smallest absolute Gasteiger partial charge is 0.0742 e. The van der Waals surface area contributed by atoms with Crippen LogP contribution in [0.15, 0.2) is 0 Å². The fourth-order valence-electron chi connectivity index (χ4n) is 1.13. The summed E-state index contributed by atoms with van der Waals surface area (Å²) in [6.07, 6.45) is 0.481. The molecule has 0 radical (unpaired) electrons. The largest absolute Gasteiger partial charge is 0.396 e. The van der Waals surface area contributed by atoms with Crippen molar-refractivity contribution in [3.05, 3.63) is 0 Å². The van der Waals surface area contributed by atoms with Crippen LogP contribution in [0.5, 0.6) is 0 Å². The normalized spacial score (nSPS) is 13.2. The molecule has 0 fully saturated rings. The van der Waals surface area contributed by atoms with Gasteiger partial charge in [-0.2, -0.15) is 0 Å². The molecule has 34 heavy (non-hydrogen) atoms. The summed E-state index contributed by atoms with van der Waals surface area (Å²) >= 11 is 0. The Morgan fingerprint density at radius 2 is 0.794 bits per heavy atom. The Morgan fingerprint density at radius 3 is 0.824 bits per heavy atom. The minimum absolute atomic E-state index is 0.0810. The van der Waals surface area contributed by atoms with Crippen molar-refractivity contribution in [2.45, 2.75) is 97.2 Å². The lowest BCUT2D eigenvalue weighted by molar-refractivity contribution is 0.0248.